The number of hydrogen-bond acceptors (Lipinski definition) is 6. The molecule has 1 aliphatic heterocycles. The molecule has 0 unspecified atom stereocenters. The van der Waals surface area contributed by atoms with E-state index in [4.69, 9.17) is 4.65 Å². The zero-order chi connectivity index (χ0) is 24.5. The van der Waals surface area contributed by atoms with Crippen LogP contribution >= 0.6 is 0 Å². The van der Waals surface area contributed by atoms with Crippen LogP contribution in [0.15, 0.2) is 60.7 Å². The number of benzene rings is 3. The number of amides is 1. The minimum absolute atomic E-state index is 0.202. The first-order valence-electron chi connectivity index (χ1n) is 10.0. The highest BCUT2D eigenvalue weighted by molar-refractivity contribution is 6.61. The summed E-state index contributed by atoms with van der Waals surface area (Å²) in [4.78, 5) is 22.2. The molecule has 1 amide bonds. The third-order valence-electron chi connectivity index (χ3n) is 5.28. The van der Waals surface area contributed by atoms with E-state index in [1.807, 2.05) is 12.1 Å². The van der Waals surface area contributed by atoms with Crippen molar-refractivity contribution >= 4 is 35.6 Å². The van der Waals surface area contributed by atoms with Crippen LogP contribution in [0, 0.1) is 10.1 Å². The Balaban J connectivity index is 1.41. The van der Waals surface area contributed by atoms with Gasteiger partial charge in [0.1, 0.15) is 5.56 Å². The van der Waals surface area contributed by atoms with Crippen molar-refractivity contribution in [3.63, 3.8) is 0 Å². The first-order chi connectivity index (χ1) is 16.1. The summed E-state index contributed by atoms with van der Waals surface area (Å²) < 4.78 is 44.6. The second-order valence-corrected chi connectivity index (χ2v) is 7.57. The predicted molar refractivity (Wildman–Crippen MR) is 119 cm³/mol. The first kappa shape index (κ1) is 23.3. The molecular weight excluding hydrogens is 454 g/mol. The van der Waals surface area contributed by atoms with Gasteiger partial charge < -0.3 is 20.3 Å². The molecule has 0 aliphatic carbocycles. The summed E-state index contributed by atoms with van der Waals surface area (Å²) in [6.45, 7) is 0.784. The van der Waals surface area contributed by atoms with Crippen LogP contribution in [-0.4, -0.2) is 23.0 Å². The van der Waals surface area contributed by atoms with Crippen LogP contribution in [0.1, 0.15) is 27.0 Å². The van der Waals surface area contributed by atoms with Gasteiger partial charge in [-0.1, -0.05) is 18.2 Å². The quantitative estimate of drug-likeness (QED) is 0.287. The number of carbonyl (C=O) groups is 1. The van der Waals surface area contributed by atoms with Crippen molar-refractivity contribution < 1.29 is 32.6 Å². The topological polar surface area (TPSA) is 114 Å². The molecule has 4 rings (SSSR count). The fourth-order valence-electron chi connectivity index (χ4n) is 3.51. The molecule has 0 saturated heterocycles. The average Bonchev–Trinajstić information content (AvgIpc) is 3.17. The lowest BCUT2D eigenvalue weighted by Crippen LogP contribution is -2.28. The maximum atomic E-state index is 13.1. The van der Waals surface area contributed by atoms with Gasteiger partial charge >= 0.3 is 13.3 Å². The van der Waals surface area contributed by atoms with Gasteiger partial charge in [-0.25, -0.2) is 0 Å². The molecule has 174 valence electrons. The highest BCUT2D eigenvalue weighted by Crippen LogP contribution is 2.37. The van der Waals surface area contributed by atoms with E-state index in [0.29, 0.717) is 30.7 Å². The molecule has 0 aromatic heterocycles. The minimum atomic E-state index is -4.94. The summed E-state index contributed by atoms with van der Waals surface area (Å²) in [6, 6.07) is 14.2. The zero-order valence-corrected chi connectivity index (χ0v) is 17.4. The second-order valence-electron chi connectivity index (χ2n) is 7.57. The van der Waals surface area contributed by atoms with Gasteiger partial charge in [-0.2, -0.15) is 13.2 Å². The molecule has 1 heterocycles. The van der Waals surface area contributed by atoms with E-state index in [1.165, 1.54) is 12.1 Å². The maximum absolute atomic E-state index is 13.1. The van der Waals surface area contributed by atoms with Crippen molar-refractivity contribution in [2.75, 3.05) is 10.6 Å². The highest BCUT2D eigenvalue weighted by Gasteiger charge is 2.38. The number of nitro benzene ring substituents is 1. The van der Waals surface area contributed by atoms with Gasteiger partial charge in [-0.3, -0.25) is 14.9 Å². The summed E-state index contributed by atoms with van der Waals surface area (Å²) in [7, 11) is -0.947. The number of nitrogens with one attached hydrogen (secondary N) is 2. The van der Waals surface area contributed by atoms with E-state index in [2.05, 4.69) is 10.6 Å². The molecule has 0 fully saturated rings. The van der Waals surface area contributed by atoms with E-state index in [0.717, 1.165) is 22.9 Å². The van der Waals surface area contributed by atoms with Gasteiger partial charge in [0, 0.05) is 29.5 Å². The van der Waals surface area contributed by atoms with Gasteiger partial charge in [0.25, 0.3) is 11.6 Å². The van der Waals surface area contributed by atoms with Crippen LogP contribution in [0.3, 0.4) is 0 Å². The SMILES string of the molecule is O=C(Nc1ccc([N+](=O)[O-])c(C(F)(F)F)c1)c1ccc(CNc2ccc3c(c2)B(O)OC3)cc1. The first-order valence-corrected chi connectivity index (χ1v) is 10.0. The van der Waals surface area contributed by atoms with E-state index < -0.39 is 35.4 Å². The highest BCUT2D eigenvalue weighted by atomic mass is 19.4. The Labute approximate surface area is 191 Å². The van der Waals surface area contributed by atoms with Crippen molar-refractivity contribution in [3.8, 4) is 0 Å². The number of carbonyl (C=O) groups excluding carboxylic acids is 1. The third-order valence-corrected chi connectivity index (χ3v) is 5.28. The molecule has 3 aromatic carbocycles. The molecule has 12 heteroatoms. The Hall–Kier alpha value is -3.90. The number of rotatable bonds is 6. The average molecular weight is 471 g/mol. The van der Waals surface area contributed by atoms with Crippen molar-refractivity contribution in [2.45, 2.75) is 19.3 Å². The number of nitrogens with zero attached hydrogens (tertiary/aromatic N) is 1. The second kappa shape index (κ2) is 9.16. The van der Waals surface area contributed by atoms with Gasteiger partial charge in [0.15, 0.2) is 0 Å². The van der Waals surface area contributed by atoms with Crippen LogP contribution in [-0.2, 0) is 24.0 Å². The smallest absolute Gasteiger partial charge is 0.423 e. The van der Waals surface area contributed by atoms with Crippen LogP contribution in [0.25, 0.3) is 0 Å². The molecule has 0 spiro atoms. The summed E-state index contributed by atoms with van der Waals surface area (Å²) in [5.41, 5.74) is 0.702. The predicted octanol–water partition coefficient (Wildman–Crippen LogP) is 3.70. The largest absolute Gasteiger partial charge is 0.491 e. The molecule has 0 saturated carbocycles. The number of alkyl halides is 3. The summed E-state index contributed by atoms with van der Waals surface area (Å²) in [5, 5.41) is 26.2. The summed E-state index contributed by atoms with van der Waals surface area (Å²) >= 11 is 0. The Morgan fingerprint density at radius 3 is 2.47 bits per heavy atom. The van der Waals surface area contributed by atoms with E-state index in [9.17, 15) is 33.1 Å². The molecule has 8 nitrogen and oxygen atoms in total. The minimum Gasteiger partial charge on any atom is -0.423 e. The summed E-state index contributed by atoms with van der Waals surface area (Å²) in [5.74, 6) is -0.658. The molecular formula is C22H17BF3N3O5. The Morgan fingerprint density at radius 1 is 1.09 bits per heavy atom. The molecule has 0 radical (unpaired) electrons. The third kappa shape index (κ3) is 5.02. The molecule has 3 aromatic rings. The van der Waals surface area contributed by atoms with Crippen molar-refractivity contribution in [1.82, 2.24) is 0 Å². The maximum Gasteiger partial charge on any atom is 0.491 e. The fraction of sp³-hybridized carbons (Fsp3) is 0.136. The van der Waals surface area contributed by atoms with Crippen LogP contribution in [0.4, 0.5) is 30.2 Å². The summed E-state index contributed by atoms with van der Waals surface area (Å²) in [6.07, 6.45) is -4.94. The fourth-order valence-corrected chi connectivity index (χ4v) is 3.51. The Morgan fingerprint density at radius 2 is 1.79 bits per heavy atom. The number of hydrogen-bond donors (Lipinski definition) is 3. The van der Waals surface area contributed by atoms with Crippen molar-refractivity contribution in [3.05, 3.63) is 93.0 Å². The van der Waals surface area contributed by atoms with E-state index >= 15 is 0 Å². The molecule has 3 N–H and O–H groups in total. The molecule has 0 atom stereocenters. The van der Waals surface area contributed by atoms with Gasteiger partial charge in [-0.15, -0.1) is 0 Å². The van der Waals surface area contributed by atoms with E-state index in [-0.39, 0.29) is 11.3 Å². The zero-order valence-electron chi connectivity index (χ0n) is 17.4. The van der Waals surface area contributed by atoms with Gasteiger partial charge in [-0.05, 0) is 53.0 Å². The van der Waals surface area contributed by atoms with Crippen molar-refractivity contribution in [2.24, 2.45) is 0 Å². The number of nitro groups is 1. The molecule has 34 heavy (non-hydrogen) atoms. The normalized spacial score (nSPS) is 12.9. The van der Waals surface area contributed by atoms with Crippen LogP contribution in [0.2, 0.25) is 0 Å². The van der Waals surface area contributed by atoms with Crippen molar-refractivity contribution in [1.29, 1.82) is 0 Å². The lowest BCUT2D eigenvalue weighted by atomic mass is 9.79. The monoisotopic (exact) mass is 471 g/mol. The molecule has 0 bridgehead atoms. The Bertz CT molecular complexity index is 1250. The van der Waals surface area contributed by atoms with Gasteiger partial charge in [0.05, 0.1) is 11.5 Å². The number of anilines is 2. The number of fused-ring (bicyclic) bond motifs is 1. The van der Waals surface area contributed by atoms with Gasteiger partial charge in [0.2, 0.25) is 0 Å². The van der Waals surface area contributed by atoms with Crippen LogP contribution < -0.4 is 16.1 Å². The lowest BCUT2D eigenvalue weighted by molar-refractivity contribution is -0.388. The standard InChI is InChI=1S/C22H17BF3N3O5/c24-22(25,26)18-9-17(7-8-20(18)29(32)33)28-21(30)14-3-1-13(2-4-14)11-27-16-6-5-15-12-34-23(31)19(15)10-16/h1-10,27,31H,11-12H2,(H,28,30). The lowest BCUT2D eigenvalue weighted by Gasteiger charge is -2.11. The van der Waals surface area contributed by atoms with E-state index in [1.54, 1.807) is 18.2 Å². The Kier molecular flexibility index (Phi) is 6.27. The molecule has 1 aliphatic rings. The number of halogens is 3. The van der Waals surface area contributed by atoms with Crippen LogP contribution in [0.5, 0.6) is 0 Å².